The number of nitro groups is 1. The van der Waals surface area contributed by atoms with Gasteiger partial charge in [0.25, 0.3) is 5.69 Å². The first-order valence-electron chi connectivity index (χ1n) is 5.17. The number of nitro benzene ring substituents is 1. The highest BCUT2D eigenvalue weighted by molar-refractivity contribution is 6.45. The molecule has 2 rings (SSSR count). The third-order valence-corrected chi connectivity index (χ3v) is 2.58. The largest absolute Gasteiger partial charge is 0.413 e. The van der Waals surface area contributed by atoms with Crippen molar-refractivity contribution in [3.63, 3.8) is 0 Å². The number of rotatable bonds is 2. The smallest absolute Gasteiger partial charge is 0.286 e. The van der Waals surface area contributed by atoms with Gasteiger partial charge in [-0.3, -0.25) is 19.7 Å². The number of amides is 1. The van der Waals surface area contributed by atoms with Crippen molar-refractivity contribution in [3.05, 3.63) is 34.4 Å². The van der Waals surface area contributed by atoms with Gasteiger partial charge in [0.05, 0.1) is 10.6 Å². The van der Waals surface area contributed by atoms with E-state index < -0.39 is 28.8 Å². The molecule has 1 aromatic rings. The summed E-state index contributed by atoms with van der Waals surface area (Å²) in [7, 11) is 0. The molecular formula is C10H6F3N3O4. The molecule has 1 N–H and O–H groups in total. The Hall–Kier alpha value is -2.49. The molecule has 1 heterocycles. The highest BCUT2D eigenvalue weighted by Gasteiger charge is 2.54. The fourth-order valence-electron chi connectivity index (χ4n) is 1.62. The summed E-state index contributed by atoms with van der Waals surface area (Å²) in [5.41, 5.74) is 1.35. The molecule has 0 radical (unpaired) electrons. The van der Waals surface area contributed by atoms with E-state index in [0.717, 1.165) is 24.3 Å². The Labute approximate surface area is 109 Å². The number of alkyl halides is 3. The van der Waals surface area contributed by atoms with Crippen molar-refractivity contribution >= 4 is 23.1 Å². The molecule has 1 amide bonds. The molecule has 1 aliphatic heterocycles. The van der Waals surface area contributed by atoms with Crippen molar-refractivity contribution in [2.24, 2.45) is 0 Å². The average Bonchev–Trinajstić information content (AvgIpc) is 2.66. The average molecular weight is 289 g/mol. The molecular weight excluding hydrogens is 283 g/mol. The predicted molar refractivity (Wildman–Crippen MR) is 58.6 cm³/mol. The number of hydrogen-bond acceptors (Lipinski definition) is 5. The fraction of sp³-hybridized carbons (Fsp3) is 0.200. The summed E-state index contributed by atoms with van der Waals surface area (Å²) in [4.78, 5) is 32.4. The molecule has 0 spiro atoms. The molecule has 1 unspecified atom stereocenters. The van der Waals surface area contributed by atoms with E-state index in [1.165, 1.54) is 0 Å². The van der Waals surface area contributed by atoms with Crippen LogP contribution in [0.3, 0.4) is 0 Å². The second-order valence-electron chi connectivity index (χ2n) is 3.88. The number of hydrogen-bond donors (Lipinski definition) is 1. The van der Waals surface area contributed by atoms with E-state index in [-0.39, 0.29) is 11.4 Å². The quantitative estimate of drug-likeness (QED) is 0.497. The number of halogens is 3. The number of anilines is 1. The number of Topliss-reactive ketones (excluding diaryl/α,β-unsaturated/α-hetero) is 1. The van der Waals surface area contributed by atoms with Crippen molar-refractivity contribution in [2.45, 2.75) is 12.2 Å². The van der Waals surface area contributed by atoms with Gasteiger partial charge in [0.15, 0.2) is 6.04 Å². The van der Waals surface area contributed by atoms with Crippen LogP contribution in [0, 0.1) is 10.1 Å². The van der Waals surface area contributed by atoms with Crippen LogP contribution in [0.4, 0.5) is 24.5 Å². The van der Waals surface area contributed by atoms with Gasteiger partial charge >= 0.3 is 12.1 Å². The summed E-state index contributed by atoms with van der Waals surface area (Å²) in [5.74, 6) is -3.00. The van der Waals surface area contributed by atoms with E-state index in [1.54, 1.807) is 5.43 Å². The molecule has 0 aromatic heterocycles. The molecule has 10 heteroatoms. The minimum absolute atomic E-state index is 0.0966. The maximum absolute atomic E-state index is 12.5. The molecule has 1 aliphatic rings. The van der Waals surface area contributed by atoms with Crippen LogP contribution in [0.15, 0.2) is 24.3 Å². The molecule has 106 valence electrons. The van der Waals surface area contributed by atoms with E-state index in [4.69, 9.17) is 0 Å². The second-order valence-corrected chi connectivity index (χ2v) is 3.88. The Morgan fingerprint density at radius 2 is 1.75 bits per heavy atom. The van der Waals surface area contributed by atoms with Crippen molar-refractivity contribution in [1.29, 1.82) is 0 Å². The van der Waals surface area contributed by atoms with Gasteiger partial charge in [-0.25, -0.2) is 10.4 Å². The third kappa shape index (κ3) is 2.32. The van der Waals surface area contributed by atoms with Gasteiger partial charge in [-0.05, 0) is 12.1 Å². The summed E-state index contributed by atoms with van der Waals surface area (Å²) in [6, 6.07) is 1.54. The zero-order chi connectivity index (χ0) is 15.1. The molecule has 7 nitrogen and oxygen atoms in total. The first-order chi connectivity index (χ1) is 9.21. The SMILES string of the molecule is O=C1C(=O)N(c2ccc([N+](=O)[O-])cc2)NC1C(F)(F)F. The zero-order valence-electron chi connectivity index (χ0n) is 9.55. The standard InChI is InChI=1S/C10H6F3N3O4/c11-10(12,13)8-7(17)9(18)15(14-8)5-1-3-6(4-2-5)16(19)20/h1-4,8,14H. The lowest BCUT2D eigenvalue weighted by Gasteiger charge is -2.17. The number of benzene rings is 1. The molecule has 0 saturated carbocycles. The van der Waals surface area contributed by atoms with E-state index in [2.05, 4.69) is 0 Å². The second kappa shape index (κ2) is 4.56. The number of hydrazine groups is 1. The Kier molecular flexibility index (Phi) is 3.18. The van der Waals surface area contributed by atoms with Crippen LogP contribution in [0.25, 0.3) is 0 Å². The van der Waals surface area contributed by atoms with Crippen molar-refractivity contribution in [1.82, 2.24) is 5.43 Å². The summed E-state index contributed by atoms with van der Waals surface area (Å²) in [6.07, 6.45) is -4.90. The third-order valence-electron chi connectivity index (χ3n) is 2.58. The highest BCUT2D eigenvalue weighted by Crippen LogP contribution is 2.28. The monoisotopic (exact) mass is 289 g/mol. The molecule has 0 bridgehead atoms. The van der Waals surface area contributed by atoms with E-state index in [9.17, 15) is 32.9 Å². The molecule has 1 fully saturated rings. The Bertz CT molecular complexity index is 584. The lowest BCUT2D eigenvalue weighted by molar-refractivity contribution is -0.384. The van der Waals surface area contributed by atoms with Crippen LogP contribution in [0.1, 0.15) is 0 Å². The Morgan fingerprint density at radius 1 is 1.20 bits per heavy atom. The number of non-ortho nitro benzene ring substituents is 1. The van der Waals surface area contributed by atoms with Gasteiger partial charge in [-0.2, -0.15) is 13.2 Å². The first-order valence-corrected chi connectivity index (χ1v) is 5.17. The maximum atomic E-state index is 12.5. The van der Waals surface area contributed by atoms with Crippen LogP contribution >= 0.6 is 0 Å². The lowest BCUT2D eigenvalue weighted by atomic mass is 10.2. The predicted octanol–water partition coefficient (Wildman–Crippen LogP) is 0.946. The maximum Gasteiger partial charge on any atom is 0.413 e. The minimum Gasteiger partial charge on any atom is -0.286 e. The van der Waals surface area contributed by atoms with Gasteiger partial charge in [-0.1, -0.05) is 0 Å². The van der Waals surface area contributed by atoms with E-state index >= 15 is 0 Å². The molecule has 20 heavy (non-hydrogen) atoms. The summed E-state index contributed by atoms with van der Waals surface area (Å²) in [5, 5.41) is 10.9. The molecule has 1 atom stereocenters. The van der Waals surface area contributed by atoms with Crippen LogP contribution in [0.2, 0.25) is 0 Å². The fourth-order valence-corrected chi connectivity index (χ4v) is 1.62. The van der Waals surface area contributed by atoms with Gasteiger partial charge in [0.2, 0.25) is 5.78 Å². The summed E-state index contributed by atoms with van der Waals surface area (Å²) in [6.45, 7) is 0. The topological polar surface area (TPSA) is 92.5 Å². The van der Waals surface area contributed by atoms with Crippen LogP contribution in [-0.2, 0) is 9.59 Å². The number of nitrogens with one attached hydrogen (secondary N) is 1. The van der Waals surface area contributed by atoms with Crippen LogP contribution < -0.4 is 10.4 Å². The van der Waals surface area contributed by atoms with Gasteiger partial charge < -0.3 is 0 Å². The van der Waals surface area contributed by atoms with Crippen molar-refractivity contribution in [2.75, 3.05) is 5.01 Å². The first kappa shape index (κ1) is 13.9. The van der Waals surface area contributed by atoms with Gasteiger partial charge in [0.1, 0.15) is 0 Å². The van der Waals surface area contributed by atoms with E-state index in [1.807, 2.05) is 0 Å². The summed E-state index contributed by atoms with van der Waals surface area (Å²) >= 11 is 0. The Morgan fingerprint density at radius 3 is 2.15 bits per heavy atom. The van der Waals surface area contributed by atoms with Crippen LogP contribution in [0.5, 0.6) is 0 Å². The van der Waals surface area contributed by atoms with Crippen molar-refractivity contribution in [3.8, 4) is 0 Å². The lowest BCUT2D eigenvalue weighted by Crippen LogP contribution is -2.45. The molecule has 1 aromatic carbocycles. The highest BCUT2D eigenvalue weighted by atomic mass is 19.4. The number of carbonyl (C=O) groups excluding carboxylic acids is 2. The minimum atomic E-state index is -4.90. The normalized spacial score (nSPS) is 19.6. The summed E-state index contributed by atoms with van der Waals surface area (Å²) < 4.78 is 37.5. The van der Waals surface area contributed by atoms with Crippen molar-refractivity contribution < 1.29 is 27.7 Å². The number of nitrogens with zero attached hydrogens (tertiary/aromatic N) is 2. The van der Waals surface area contributed by atoms with E-state index in [0.29, 0.717) is 5.01 Å². The van der Waals surface area contributed by atoms with Gasteiger partial charge in [-0.15, -0.1) is 0 Å². The zero-order valence-corrected chi connectivity index (χ0v) is 9.55. The number of carbonyl (C=O) groups is 2. The van der Waals surface area contributed by atoms with Crippen LogP contribution in [-0.4, -0.2) is 28.8 Å². The van der Waals surface area contributed by atoms with Gasteiger partial charge in [0, 0.05) is 12.1 Å². The Balaban J connectivity index is 2.28. The molecule has 0 aliphatic carbocycles. The molecule has 1 saturated heterocycles. The number of ketones is 1.